The van der Waals surface area contributed by atoms with Gasteiger partial charge in [-0.2, -0.15) is 0 Å². The number of pyridine rings is 1. The molecular formula is C17H17N3O. The number of benzene rings is 1. The van der Waals surface area contributed by atoms with Crippen LogP contribution >= 0.6 is 0 Å². The number of aromatic nitrogens is 2. The van der Waals surface area contributed by atoms with Crippen molar-refractivity contribution in [3.05, 3.63) is 48.3 Å². The van der Waals surface area contributed by atoms with Gasteiger partial charge in [-0.15, -0.1) is 0 Å². The first-order valence-corrected chi connectivity index (χ1v) is 6.98. The minimum Gasteiger partial charge on any atom is -0.353 e. The molecule has 0 saturated heterocycles. The van der Waals surface area contributed by atoms with E-state index in [-0.39, 0.29) is 11.9 Å². The van der Waals surface area contributed by atoms with Crippen molar-refractivity contribution in [2.45, 2.75) is 19.9 Å². The summed E-state index contributed by atoms with van der Waals surface area (Å²) in [5, 5.41) is 5.09. The normalized spacial score (nSPS) is 11.8. The van der Waals surface area contributed by atoms with E-state index in [2.05, 4.69) is 21.4 Å². The number of hydrogen-bond acceptors (Lipinski definition) is 2. The molecule has 106 valence electrons. The highest BCUT2D eigenvalue weighted by Crippen LogP contribution is 2.25. The van der Waals surface area contributed by atoms with Gasteiger partial charge in [-0.3, -0.25) is 9.78 Å². The van der Waals surface area contributed by atoms with E-state index in [4.69, 9.17) is 0 Å². The molecule has 2 aromatic heterocycles. The molecular weight excluding hydrogens is 262 g/mol. The van der Waals surface area contributed by atoms with Crippen LogP contribution in [0.2, 0.25) is 0 Å². The number of rotatable bonds is 3. The molecule has 2 N–H and O–H groups in total. The fraction of sp³-hybridized carbons (Fsp3) is 0.176. The predicted octanol–water partition coefficient (Wildman–Crippen LogP) is 3.25. The van der Waals surface area contributed by atoms with Crippen LogP contribution in [0.25, 0.3) is 27.9 Å². The topological polar surface area (TPSA) is 57.8 Å². The summed E-state index contributed by atoms with van der Waals surface area (Å²) in [7, 11) is 0. The maximum atomic E-state index is 11.6. The molecule has 3 rings (SSSR count). The molecule has 3 aromatic rings. The Hall–Kier alpha value is -2.62. The minimum absolute atomic E-state index is 0.106. The number of aromatic amines is 1. The van der Waals surface area contributed by atoms with Crippen molar-refractivity contribution in [1.82, 2.24) is 15.3 Å². The molecule has 0 aliphatic rings. The summed E-state index contributed by atoms with van der Waals surface area (Å²) < 4.78 is 0. The number of carbonyl (C=O) groups excluding carboxylic acids is 1. The highest BCUT2D eigenvalue weighted by atomic mass is 16.1. The standard InChI is InChI=1S/C17H17N3O/c1-11(2)19-17(21)8-7-12-9-14-13-5-3-4-6-15(13)20-16(14)10-18-12/h3-11,20H,1-2H3,(H,19,21)/b8-7+. The number of nitrogens with zero attached hydrogens (tertiary/aromatic N) is 1. The summed E-state index contributed by atoms with van der Waals surface area (Å²) in [6.45, 7) is 3.87. The second kappa shape index (κ2) is 5.40. The van der Waals surface area contributed by atoms with Crippen molar-refractivity contribution in [3.63, 3.8) is 0 Å². The average Bonchev–Trinajstić information content (AvgIpc) is 2.82. The van der Waals surface area contributed by atoms with Crippen LogP contribution in [0.1, 0.15) is 19.5 Å². The largest absolute Gasteiger partial charge is 0.353 e. The summed E-state index contributed by atoms with van der Waals surface area (Å²) in [5.41, 5.74) is 2.86. The lowest BCUT2D eigenvalue weighted by atomic mass is 10.1. The van der Waals surface area contributed by atoms with E-state index in [0.29, 0.717) is 0 Å². The van der Waals surface area contributed by atoms with E-state index in [1.54, 1.807) is 12.3 Å². The zero-order valence-electron chi connectivity index (χ0n) is 12.1. The van der Waals surface area contributed by atoms with Gasteiger partial charge in [0, 0.05) is 28.4 Å². The quantitative estimate of drug-likeness (QED) is 0.723. The van der Waals surface area contributed by atoms with Gasteiger partial charge < -0.3 is 10.3 Å². The van der Waals surface area contributed by atoms with Gasteiger partial charge in [0.15, 0.2) is 0 Å². The van der Waals surface area contributed by atoms with Gasteiger partial charge in [-0.25, -0.2) is 0 Å². The first-order chi connectivity index (χ1) is 10.1. The number of carbonyl (C=O) groups is 1. The maximum Gasteiger partial charge on any atom is 0.244 e. The van der Waals surface area contributed by atoms with Crippen molar-refractivity contribution in [2.24, 2.45) is 0 Å². The molecule has 0 fully saturated rings. The van der Waals surface area contributed by atoms with E-state index in [1.165, 1.54) is 6.08 Å². The van der Waals surface area contributed by atoms with Crippen LogP contribution in [0.15, 0.2) is 42.6 Å². The molecule has 0 aliphatic carbocycles. The van der Waals surface area contributed by atoms with Crippen LogP contribution in [-0.2, 0) is 4.79 Å². The third-order valence-corrected chi connectivity index (χ3v) is 3.25. The Morgan fingerprint density at radius 2 is 2.05 bits per heavy atom. The van der Waals surface area contributed by atoms with Gasteiger partial charge in [-0.05, 0) is 32.1 Å². The lowest BCUT2D eigenvalue weighted by Gasteiger charge is -2.03. The number of nitrogens with one attached hydrogen (secondary N) is 2. The van der Waals surface area contributed by atoms with E-state index in [0.717, 1.165) is 27.5 Å². The van der Waals surface area contributed by atoms with Crippen molar-refractivity contribution in [1.29, 1.82) is 0 Å². The lowest BCUT2D eigenvalue weighted by Crippen LogP contribution is -2.28. The number of fused-ring (bicyclic) bond motifs is 3. The van der Waals surface area contributed by atoms with Gasteiger partial charge in [0.1, 0.15) is 0 Å². The van der Waals surface area contributed by atoms with Gasteiger partial charge >= 0.3 is 0 Å². The van der Waals surface area contributed by atoms with Gasteiger partial charge in [-0.1, -0.05) is 18.2 Å². The smallest absolute Gasteiger partial charge is 0.244 e. The van der Waals surface area contributed by atoms with Gasteiger partial charge in [0.05, 0.1) is 17.4 Å². The van der Waals surface area contributed by atoms with Crippen LogP contribution in [0.3, 0.4) is 0 Å². The van der Waals surface area contributed by atoms with Gasteiger partial charge in [0.25, 0.3) is 0 Å². The van der Waals surface area contributed by atoms with Gasteiger partial charge in [0.2, 0.25) is 5.91 Å². The Balaban J connectivity index is 1.95. The van der Waals surface area contributed by atoms with Crippen molar-refractivity contribution in [2.75, 3.05) is 0 Å². The molecule has 4 heteroatoms. The van der Waals surface area contributed by atoms with Crippen LogP contribution in [0.4, 0.5) is 0 Å². The molecule has 0 saturated carbocycles. The molecule has 1 aromatic carbocycles. The fourth-order valence-corrected chi connectivity index (χ4v) is 2.35. The number of amides is 1. The van der Waals surface area contributed by atoms with E-state index >= 15 is 0 Å². The summed E-state index contributed by atoms with van der Waals surface area (Å²) in [5.74, 6) is -0.106. The highest BCUT2D eigenvalue weighted by Gasteiger charge is 2.04. The molecule has 0 aliphatic heterocycles. The average molecular weight is 279 g/mol. The molecule has 21 heavy (non-hydrogen) atoms. The Labute approximate surface area is 122 Å². The molecule has 1 amide bonds. The molecule has 0 radical (unpaired) electrons. The maximum absolute atomic E-state index is 11.6. The molecule has 0 bridgehead atoms. The zero-order chi connectivity index (χ0) is 14.8. The Morgan fingerprint density at radius 1 is 1.24 bits per heavy atom. The zero-order valence-corrected chi connectivity index (χ0v) is 12.1. The van der Waals surface area contributed by atoms with E-state index in [1.807, 2.05) is 38.1 Å². The van der Waals surface area contributed by atoms with Crippen LogP contribution < -0.4 is 5.32 Å². The van der Waals surface area contributed by atoms with E-state index in [9.17, 15) is 4.79 Å². The first-order valence-electron chi connectivity index (χ1n) is 6.98. The second-order valence-electron chi connectivity index (χ2n) is 5.32. The third-order valence-electron chi connectivity index (χ3n) is 3.25. The predicted molar refractivity (Wildman–Crippen MR) is 85.9 cm³/mol. The van der Waals surface area contributed by atoms with Crippen molar-refractivity contribution in [3.8, 4) is 0 Å². The summed E-state index contributed by atoms with van der Waals surface area (Å²) in [4.78, 5) is 19.3. The summed E-state index contributed by atoms with van der Waals surface area (Å²) >= 11 is 0. The highest BCUT2D eigenvalue weighted by molar-refractivity contribution is 6.07. The Bertz CT molecular complexity index is 830. The minimum atomic E-state index is -0.106. The Kier molecular flexibility index (Phi) is 3.44. The molecule has 2 heterocycles. The first kappa shape index (κ1) is 13.4. The third kappa shape index (κ3) is 2.79. The fourth-order valence-electron chi connectivity index (χ4n) is 2.35. The monoisotopic (exact) mass is 279 g/mol. The van der Waals surface area contributed by atoms with Crippen LogP contribution in [-0.4, -0.2) is 21.9 Å². The van der Waals surface area contributed by atoms with E-state index < -0.39 is 0 Å². The van der Waals surface area contributed by atoms with Crippen molar-refractivity contribution < 1.29 is 4.79 Å². The van der Waals surface area contributed by atoms with Crippen LogP contribution in [0, 0.1) is 0 Å². The molecule has 0 atom stereocenters. The number of para-hydroxylation sites is 1. The molecule has 4 nitrogen and oxygen atoms in total. The SMILES string of the molecule is CC(C)NC(=O)/C=C/c1cc2c(cn1)[nH]c1ccccc12. The number of hydrogen-bond donors (Lipinski definition) is 2. The summed E-state index contributed by atoms with van der Waals surface area (Å²) in [6, 6.07) is 10.3. The summed E-state index contributed by atoms with van der Waals surface area (Å²) in [6.07, 6.45) is 5.05. The second-order valence-corrected chi connectivity index (χ2v) is 5.32. The Morgan fingerprint density at radius 3 is 2.86 bits per heavy atom. The number of H-pyrrole nitrogens is 1. The lowest BCUT2D eigenvalue weighted by molar-refractivity contribution is -0.116. The van der Waals surface area contributed by atoms with Crippen molar-refractivity contribution >= 4 is 33.8 Å². The molecule has 0 spiro atoms. The van der Waals surface area contributed by atoms with Crippen LogP contribution in [0.5, 0.6) is 0 Å². The molecule has 0 unspecified atom stereocenters.